The first-order chi connectivity index (χ1) is 10.1. The Bertz CT molecular complexity index is 387. The van der Waals surface area contributed by atoms with Crippen LogP contribution in [0.3, 0.4) is 0 Å². The first-order valence-electron chi connectivity index (χ1n) is 8.94. The maximum atomic E-state index is 12.5. The molecule has 5 rings (SSSR count). The van der Waals surface area contributed by atoms with Gasteiger partial charge in [-0.05, 0) is 82.6 Å². The Labute approximate surface area is 127 Å². The number of carbonyl (C=O) groups excluding carboxylic acids is 1. The summed E-state index contributed by atoms with van der Waals surface area (Å²) in [4.78, 5) is 12.5. The van der Waals surface area contributed by atoms with Crippen LogP contribution in [0.1, 0.15) is 58.3 Å². The lowest BCUT2D eigenvalue weighted by atomic mass is 9.53. The Morgan fingerprint density at radius 1 is 1.10 bits per heavy atom. The Hall–Kier alpha value is -0.770. The quantitative estimate of drug-likeness (QED) is 0.732. The maximum absolute atomic E-state index is 12.5. The van der Waals surface area contributed by atoms with E-state index in [1.807, 2.05) is 0 Å². The average molecular weight is 291 g/mol. The van der Waals surface area contributed by atoms with Gasteiger partial charge in [0.15, 0.2) is 0 Å². The second kappa shape index (κ2) is 5.15. The van der Waals surface area contributed by atoms with E-state index in [1.165, 1.54) is 38.5 Å². The number of hydrogen-bond donors (Lipinski definition) is 3. The van der Waals surface area contributed by atoms with E-state index in [1.54, 1.807) is 0 Å². The van der Waals surface area contributed by atoms with Gasteiger partial charge in [0.2, 0.25) is 0 Å². The van der Waals surface area contributed by atoms with Crippen molar-refractivity contribution < 1.29 is 4.79 Å². The predicted molar refractivity (Wildman–Crippen MR) is 83.1 cm³/mol. The van der Waals surface area contributed by atoms with Gasteiger partial charge in [-0.15, -0.1) is 0 Å². The summed E-state index contributed by atoms with van der Waals surface area (Å²) in [5.74, 6) is 2.64. The molecule has 4 aliphatic carbocycles. The largest absolute Gasteiger partial charge is 0.334 e. The lowest BCUT2D eigenvalue weighted by molar-refractivity contribution is -0.0137. The number of hydrogen-bond acceptors (Lipinski definition) is 2. The van der Waals surface area contributed by atoms with Crippen LogP contribution in [0, 0.1) is 17.8 Å². The first kappa shape index (κ1) is 13.9. The van der Waals surface area contributed by atoms with Gasteiger partial charge in [-0.1, -0.05) is 0 Å². The van der Waals surface area contributed by atoms with Gasteiger partial charge in [0.25, 0.3) is 0 Å². The fourth-order valence-corrected chi connectivity index (χ4v) is 5.95. The molecule has 5 aliphatic rings. The molecule has 0 radical (unpaired) electrons. The number of urea groups is 1. The summed E-state index contributed by atoms with van der Waals surface area (Å²) in [5.41, 5.74) is 0.129. The Balaban J connectivity index is 1.38. The molecular formula is C17H29N3O. The normalized spacial score (nSPS) is 48.1. The number of nitrogens with one attached hydrogen (secondary N) is 3. The van der Waals surface area contributed by atoms with Crippen LogP contribution >= 0.6 is 0 Å². The van der Waals surface area contributed by atoms with Crippen molar-refractivity contribution in [1.82, 2.24) is 16.0 Å². The summed E-state index contributed by atoms with van der Waals surface area (Å²) < 4.78 is 0. The van der Waals surface area contributed by atoms with E-state index in [4.69, 9.17) is 0 Å². The second-order valence-corrected chi connectivity index (χ2v) is 8.29. The molecule has 3 N–H and O–H groups in total. The van der Waals surface area contributed by atoms with E-state index in [2.05, 4.69) is 22.9 Å². The maximum Gasteiger partial charge on any atom is 0.315 e. The number of rotatable bonds is 2. The van der Waals surface area contributed by atoms with E-state index >= 15 is 0 Å². The van der Waals surface area contributed by atoms with E-state index < -0.39 is 0 Å². The van der Waals surface area contributed by atoms with Gasteiger partial charge in [0.1, 0.15) is 0 Å². The Morgan fingerprint density at radius 3 is 2.29 bits per heavy atom. The molecule has 4 saturated carbocycles. The van der Waals surface area contributed by atoms with Crippen molar-refractivity contribution in [3.63, 3.8) is 0 Å². The molecule has 2 unspecified atom stereocenters. The fourth-order valence-electron chi connectivity index (χ4n) is 5.95. The standard InChI is InChI=1S/C17H29N3O/c1-11-15(3-2-4-18-11)19-16(21)20-17-8-12-5-13(9-17)7-14(6-12)10-17/h11-15,18H,2-10H2,1H3,(H2,19,20,21). The Kier molecular flexibility index (Phi) is 3.40. The molecule has 2 amide bonds. The van der Waals surface area contributed by atoms with Gasteiger partial charge in [-0.25, -0.2) is 4.79 Å². The molecule has 1 saturated heterocycles. The van der Waals surface area contributed by atoms with Crippen LogP contribution in [0.25, 0.3) is 0 Å². The lowest BCUT2D eigenvalue weighted by Crippen LogP contribution is -2.63. The van der Waals surface area contributed by atoms with Gasteiger partial charge in [-0.2, -0.15) is 0 Å². The topological polar surface area (TPSA) is 53.2 Å². The van der Waals surface area contributed by atoms with Crippen LogP contribution in [-0.4, -0.2) is 30.2 Å². The van der Waals surface area contributed by atoms with Gasteiger partial charge in [-0.3, -0.25) is 0 Å². The van der Waals surface area contributed by atoms with Gasteiger partial charge >= 0.3 is 6.03 Å². The summed E-state index contributed by atoms with van der Waals surface area (Å²) >= 11 is 0. The minimum Gasteiger partial charge on any atom is -0.334 e. The van der Waals surface area contributed by atoms with Gasteiger partial charge in [0, 0.05) is 17.6 Å². The molecule has 0 aromatic heterocycles. The van der Waals surface area contributed by atoms with Crippen molar-refractivity contribution in [2.45, 2.75) is 75.9 Å². The van der Waals surface area contributed by atoms with Crippen molar-refractivity contribution in [2.24, 2.45) is 17.8 Å². The van der Waals surface area contributed by atoms with Crippen molar-refractivity contribution in [3.05, 3.63) is 0 Å². The van der Waals surface area contributed by atoms with E-state index in [0.29, 0.717) is 6.04 Å². The Morgan fingerprint density at radius 2 is 1.71 bits per heavy atom. The molecule has 1 heterocycles. The van der Waals surface area contributed by atoms with Crippen molar-refractivity contribution in [2.75, 3.05) is 6.54 Å². The van der Waals surface area contributed by atoms with Crippen LogP contribution in [0.2, 0.25) is 0 Å². The number of piperidine rings is 1. The summed E-state index contributed by atoms with van der Waals surface area (Å²) in [5, 5.41) is 10.1. The molecule has 0 aromatic carbocycles. The second-order valence-electron chi connectivity index (χ2n) is 8.29. The van der Waals surface area contributed by atoms with Gasteiger partial charge in [0.05, 0.1) is 0 Å². The van der Waals surface area contributed by atoms with Crippen molar-refractivity contribution in [1.29, 1.82) is 0 Å². The summed E-state index contributed by atoms with van der Waals surface area (Å²) in [6.45, 7) is 3.25. The number of carbonyl (C=O) groups is 1. The SMILES string of the molecule is CC1NCCCC1NC(=O)NC12CC3CC(CC(C3)C1)C2. The predicted octanol–water partition coefficient (Wildman–Crippen LogP) is 2.39. The minimum atomic E-state index is 0.0810. The van der Waals surface area contributed by atoms with Crippen LogP contribution in [0.15, 0.2) is 0 Å². The highest BCUT2D eigenvalue weighted by atomic mass is 16.2. The summed E-state index contributed by atoms with van der Waals surface area (Å²) in [6, 6.07) is 0.756. The molecule has 118 valence electrons. The smallest absolute Gasteiger partial charge is 0.315 e. The minimum absolute atomic E-state index is 0.0810. The van der Waals surface area contributed by atoms with Crippen LogP contribution in [0.4, 0.5) is 4.79 Å². The number of amides is 2. The zero-order chi connectivity index (χ0) is 14.4. The van der Waals surface area contributed by atoms with Crippen molar-refractivity contribution in [3.8, 4) is 0 Å². The van der Waals surface area contributed by atoms with E-state index in [9.17, 15) is 4.79 Å². The molecule has 5 fully saturated rings. The monoisotopic (exact) mass is 291 g/mol. The van der Waals surface area contributed by atoms with Crippen LogP contribution in [0.5, 0.6) is 0 Å². The fraction of sp³-hybridized carbons (Fsp3) is 0.941. The third-order valence-corrected chi connectivity index (χ3v) is 6.50. The molecule has 1 aliphatic heterocycles. The van der Waals surface area contributed by atoms with E-state index in [0.717, 1.165) is 37.1 Å². The average Bonchev–Trinajstić information content (AvgIpc) is 2.39. The zero-order valence-corrected chi connectivity index (χ0v) is 13.2. The van der Waals surface area contributed by atoms with Crippen LogP contribution in [-0.2, 0) is 0 Å². The zero-order valence-electron chi connectivity index (χ0n) is 13.2. The van der Waals surface area contributed by atoms with Crippen LogP contribution < -0.4 is 16.0 Å². The van der Waals surface area contributed by atoms with Crippen molar-refractivity contribution >= 4 is 6.03 Å². The molecule has 4 heteroatoms. The summed E-state index contributed by atoms with van der Waals surface area (Å²) in [6.07, 6.45) is 10.2. The molecular weight excluding hydrogens is 262 g/mol. The van der Waals surface area contributed by atoms with E-state index in [-0.39, 0.29) is 17.6 Å². The molecule has 21 heavy (non-hydrogen) atoms. The third-order valence-electron chi connectivity index (χ3n) is 6.50. The molecule has 4 nitrogen and oxygen atoms in total. The molecule has 2 atom stereocenters. The van der Waals surface area contributed by atoms with Gasteiger partial charge < -0.3 is 16.0 Å². The lowest BCUT2D eigenvalue weighted by Gasteiger charge is -2.56. The molecule has 0 spiro atoms. The molecule has 4 bridgehead atoms. The highest BCUT2D eigenvalue weighted by Crippen LogP contribution is 2.55. The highest BCUT2D eigenvalue weighted by Gasteiger charge is 2.51. The molecule has 0 aromatic rings. The first-order valence-corrected chi connectivity index (χ1v) is 8.94. The third kappa shape index (κ3) is 2.67. The summed E-state index contributed by atoms with van der Waals surface area (Å²) in [7, 11) is 0. The highest BCUT2D eigenvalue weighted by molar-refractivity contribution is 5.75.